The van der Waals surface area contributed by atoms with Crippen LogP contribution in [0.25, 0.3) is 0 Å². The van der Waals surface area contributed by atoms with Crippen LogP contribution < -0.4 is 0 Å². The molecule has 126 valence electrons. The molecule has 23 heavy (non-hydrogen) atoms. The van der Waals surface area contributed by atoms with Gasteiger partial charge in [-0.2, -0.15) is 0 Å². The molecule has 0 heterocycles. The molecule has 4 rings (SSSR count). The van der Waals surface area contributed by atoms with Crippen molar-refractivity contribution in [1.82, 2.24) is 0 Å². The highest BCUT2D eigenvalue weighted by Gasteiger charge is 2.56. The zero-order chi connectivity index (χ0) is 16.0. The third-order valence-electron chi connectivity index (χ3n) is 7.78. The molecule has 0 N–H and O–H groups in total. The van der Waals surface area contributed by atoms with Crippen LogP contribution in [0.2, 0.25) is 0 Å². The summed E-state index contributed by atoms with van der Waals surface area (Å²) < 4.78 is 5.96. The van der Waals surface area contributed by atoms with E-state index in [0.29, 0.717) is 11.5 Å². The molecule has 1 nitrogen and oxygen atoms in total. The molecule has 0 bridgehead atoms. The number of methoxy groups -OCH3 is 1. The first-order chi connectivity index (χ1) is 11.2. The molecule has 0 amide bonds. The molecule has 1 heteroatoms. The zero-order valence-electron chi connectivity index (χ0n) is 15.1. The van der Waals surface area contributed by atoms with Crippen molar-refractivity contribution in [2.45, 2.75) is 77.2 Å². The van der Waals surface area contributed by atoms with Gasteiger partial charge >= 0.3 is 0 Å². The van der Waals surface area contributed by atoms with Crippen molar-refractivity contribution in [3.8, 4) is 0 Å². The Labute approximate surface area is 141 Å². The number of aryl methyl sites for hydroxylation is 2. The Morgan fingerprint density at radius 3 is 2.74 bits per heavy atom. The van der Waals surface area contributed by atoms with Crippen LogP contribution in [0.1, 0.15) is 75.0 Å². The lowest BCUT2D eigenvalue weighted by Crippen LogP contribution is -2.46. The van der Waals surface area contributed by atoms with E-state index in [4.69, 9.17) is 4.74 Å². The SMILES string of the molecule is CCc1ccc2c(c1)[C@H]1CC[C@]3(CC)[C@@H](OC)CC[C@H]3[C@@H]1CC2. The molecule has 2 saturated carbocycles. The maximum atomic E-state index is 5.96. The predicted molar refractivity (Wildman–Crippen MR) is 95.9 cm³/mol. The summed E-state index contributed by atoms with van der Waals surface area (Å²) in [5, 5.41) is 0. The first-order valence-electron chi connectivity index (χ1n) is 9.88. The van der Waals surface area contributed by atoms with Crippen LogP contribution in [0.4, 0.5) is 0 Å². The van der Waals surface area contributed by atoms with Gasteiger partial charge in [0, 0.05) is 7.11 Å². The minimum Gasteiger partial charge on any atom is -0.381 e. The molecule has 0 aromatic heterocycles. The fraction of sp³-hybridized carbons (Fsp3) is 0.727. The Bertz CT molecular complexity index is 577. The summed E-state index contributed by atoms with van der Waals surface area (Å²) in [6.45, 7) is 4.70. The number of hydrogen-bond acceptors (Lipinski definition) is 1. The van der Waals surface area contributed by atoms with Gasteiger partial charge in [-0.25, -0.2) is 0 Å². The molecule has 0 aliphatic heterocycles. The molecular weight excluding hydrogens is 280 g/mol. The van der Waals surface area contributed by atoms with E-state index in [9.17, 15) is 0 Å². The van der Waals surface area contributed by atoms with Crippen molar-refractivity contribution >= 4 is 0 Å². The molecule has 1 aromatic rings. The van der Waals surface area contributed by atoms with Gasteiger partial charge in [-0.3, -0.25) is 0 Å². The zero-order valence-corrected chi connectivity index (χ0v) is 15.1. The van der Waals surface area contributed by atoms with Crippen molar-refractivity contribution in [1.29, 1.82) is 0 Å². The van der Waals surface area contributed by atoms with Crippen LogP contribution in [-0.4, -0.2) is 13.2 Å². The van der Waals surface area contributed by atoms with Gasteiger partial charge in [0.2, 0.25) is 0 Å². The van der Waals surface area contributed by atoms with Gasteiger partial charge < -0.3 is 4.74 Å². The molecule has 0 spiro atoms. The maximum Gasteiger partial charge on any atom is 0.0630 e. The van der Waals surface area contributed by atoms with Gasteiger partial charge in [-0.1, -0.05) is 32.0 Å². The number of fused-ring (bicyclic) bond motifs is 5. The lowest BCUT2D eigenvalue weighted by molar-refractivity contribution is -0.0592. The number of rotatable bonds is 3. The minimum atomic E-state index is 0.482. The highest BCUT2D eigenvalue weighted by Crippen LogP contribution is 2.62. The van der Waals surface area contributed by atoms with Gasteiger partial charge in [-0.15, -0.1) is 0 Å². The maximum absolute atomic E-state index is 5.96. The first-order valence-corrected chi connectivity index (χ1v) is 9.88. The Morgan fingerprint density at radius 2 is 2.00 bits per heavy atom. The lowest BCUT2D eigenvalue weighted by Gasteiger charge is -2.52. The third kappa shape index (κ3) is 2.22. The Balaban J connectivity index is 1.69. The smallest absolute Gasteiger partial charge is 0.0630 e. The monoisotopic (exact) mass is 312 g/mol. The molecule has 1 aromatic carbocycles. The average Bonchev–Trinajstić information content (AvgIpc) is 3.00. The van der Waals surface area contributed by atoms with E-state index in [1.54, 1.807) is 11.1 Å². The fourth-order valence-corrected chi connectivity index (χ4v) is 6.62. The van der Waals surface area contributed by atoms with E-state index >= 15 is 0 Å². The lowest BCUT2D eigenvalue weighted by atomic mass is 9.54. The summed E-state index contributed by atoms with van der Waals surface area (Å²) in [7, 11) is 1.94. The molecule has 2 fully saturated rings. The summed E-state index contributed by atoms with van der Waals surface area (Å²) in [6, 6.07) is 7.33. The van der Waals surface area contributed by atoms with Crippen molar-refractivity contribution in [3.63, 3.8) is 0 Å². The normalized spacial score (nSPS) is 38.7. The van der Waals surface area contributed by atoms with Gasteiger partial charge in [0.05, 0.1) is 6.10 Å². The van der Waals surface area contributed by atoms with E-state index in [0.717, 1.165) is 17.8 Å². The second-order valence-corrected chi connectivity index (χ2v) is 8.23. The van der Waals surface area contributed by atoms with Gasteiger partial charge in [0.25, 0.3) is 0 Å². The molecule has 0 radical (unpaired) electrons. The van der Waals surface area contributed by atoms with Crippen molar-refractivity contribution < 1.29 is 4.74 Å². The summed E-state index contributed by atoms with van der Waals surface area (Å²) in [6.07, 6.45) is 11.1. The van der Waals surface area contributed by atoms with E-state index in [1.165, 1.54) is 56.9 Å². The number of ether oxygens (including phenoxy) is 1. The van der Waals surface area contributed by atoms with Crippen molar-refractivity contribution in [2.75, 3.05) is 7.11 Å². The highest BCUT2D eigenvalue weighted by molar-refractivity contribution is 5.38. The Hall–Kier alpha value is -0.820. The summed E-state index contributed by atoms with van der Waals surface area (Å²) in [5.74, 6) is 2.63. The quantitative estimate of drug-likeness (QED) is 0.715. The minimum absolute atomic E-state index is 0.482. The van der Waals surface area contributed by atoms with Gasteiger partial charge in [-0.05, 0) is 91.2 Å². The summed E-state index contributed by atoms with van der Waals surface area (Å²) in [4.78, 5) is 0. The summed E-state index contributed by atoms with van der Waals surface area (Å²) >= 11 is 0. The molecule has 0 saturated heterocycles. The third-order valence-corrected chi connectivity index (χ3v) is 7.78. The number of benzene rings is 1. The van der Waals surface area contributed by atoms with Crippen LogP contribution in [-0.2, 0) is 17.6 Å². The van der Waals surface area contributed by atoms with Crippen LogP contribution in [0.5, 0.6) is 0 Å². The van der Waals surface area contributed by atoms with Crippen molar-refractivity contribution in [2.24, 2.45) is 17.3 Å². The molecule has 3 aliphatic carbocycles. The van der Waals surface area contributed by atoms with Gasteiger partial charge in [0.1, 0.15) is 0 Å². The molecule has 0 unspecified atom stereocenters. The van der Waals surface area contributed by atoms with Crippen LogP contribution in [0, 0.1) is 17.3 Å². The van der Waals surface area contributed by atoms with E-state index in [1.807, 2.05) is 7.11 Å². The fourth-order valence-electron chi connectivity index (χ4n) is 6.62. The largest absolute Gasteiger partial charge is 0.381 e. The molecule has 5 atom stereocenters. The first kappa shape index (κ1) is 15.7. The molecule has 3 aliphatic rings. The van der Waals surface area contributed by atoms with Crippen molar-refractivity contribution in [3.05, 3.63) is 34.9 Å². The van der Waals surface area contributed by atoms with Crippen LogP contribution >= 0.6 is 0 Å². The number of hydrogen-bond donors (Lipinski definition) is 0. The van der Waals surface area contributed by atoms with Gasteiger partial charge in [0.15, 0.2) is 0 Å². The second-order valence-electron chi connectivity index (χ2n) is 8.23. The average molecular weight is 312 g/mol. The Morgan fingerprint density at radius 1 is 1.13 bits per heavy atom. The standard InChI is InChI=1S/C22H32O/c1-4-15-6-7-16-8-9-18-17(19(16)14-15)12-13-22(5-2)20(18)10-11-21(22)23-3/h6-7,14,17-18,20-21H,4-5,8-13H2,1-3H3/t17-,18+,20-,21-,22-/m0/s1. The van der Waals surface area contributed by atoms with E-state index in [2.05, 4.69) is 32.0 Å². The summed E-state index contributed by atoms with van der Waals surface area (Å²) in [5.41, 5.74) is 5.37. The highest BCUT2D eigenvalue weighted by atomic mass is 16.5. The van der Waals surface area contributed by atoms with E-state index < -0.39 is 0 Å². The Kier molecular flexibility index (Phi) is 4.04. The molecular formula is C22H32O. The predicted octanol–water partition coefficient (Wildman–Crippen LogP) is 5.51. The second kappa shape index (κ2) is 5.92. The topological polar surface area (TPSA) is 9.23 Å². The van der Waals surface area contributed by atoms with E-state index in [-0.39, 0.29) is 0 Å². The van der Waals surface area contributed by atoms with Crippen LogP contribution in [0.3, 0.4) is 0 Å². The van der Waals surface area contributed by atoms with Crippen LogP contribution in [0.15, 0.2) is 18.2 Å².